The standard InChI is InChI=1S/C23H21N5O3S.C2HF3O2/c24-32(29,30)15-18-10-4-6-12-20(18)27-23-26-16-25-22(28-23)19-11-5-7-13-21(19)31-14-17-8-2-1-3-9-17;3-2(4,5)1(6)7/h1-13,16H,14-15H2,(H2,24,29,30)(H,25,26,27,28);(H,6,7). The first kappa shape index (κ1) is 29.0. The molecule has 4 N–H and O–H groups in total. The number of nitrogens with one attached hydrogen (secondary N) is 1. The minimum Gasteiger partial charge on any atom is -0.488 e. The molecular formula is C25H22F3N5O5S. The zero-order chi connectivity index (χ0) is 28.5. The molecule has 0 amide bonds. The molecule has 4 aromatic rings. The van der Waals surface area contributed by atoms with Gasteiger partial charge in [-0.15, -0.1) is 0 Å². The maximum Gasteiger partial charge on any atom is 0.490 e. The Balaban J connectivity index is 0.000000532. The Morgan fingerprint density at radius 1 is 0.949 bits per heavy atom. The van der Waals surface area contributed by atoms with E-state index >= 15 is 0 Å². The van der Waals surface area contributed by atoms with Crippen molar-refractivity contribution in [3.05, 3.63) is 96.3 Å². The van der Waals surface area contributed by atoms with Gasteiger partial charge in [-0.1, -0.05) is 60.7 Å². The largest absolute Gasteiger partial charge is 0.490 e. The van der Waals surface area contributed by atoms with Crippen LogP contribution >= 0.6 is 0 Å². The summed E-state index contributed by atoms with van der Waals surface area (Å²) < 4.78 is 60.8. The van der Waals surface area contributed by atoms with Crippen molar-refractivity contribution >= 4 is 27.6 Å². The molecule has 4 rings (SSSR count). The molecule has 0 unspecified atom stereocenters. The Hall–Kier alpha value is -4.56. The number of ether oxygens (including phenoxy) is 1. The van der Waals surface area contributed by atoms with Crippen molar-refractivity contribution in [2.75, 3.05) is 5.32 Å². The minimum atomic E-state index is -5.08. The van der Waals surface area contributed by atoms with Crippen molar-refractivity contribution in [2.45, 2.75) is 18.5 Å². The number of carboxylic acid groups (broad SMARTS) is 1. The molecule has 3 aromatic carbocycles. The summed E-state index contributed by atoms with van der Waals surface area (Å²) in [5.41, 5.74) is 2.83. The summed E-state index contributed by atoms with van der Waals surface area (Å²) in [7, 11) is -3.69. The van der Waals surface area contributed by atoms with Crippen molar-refractivity contribution in [1.29, 1.82) is 0 Å². The second-order valence-electron chi connectivity index (χ2n) is 7.80. The average molecular weight is 562 g/mol. The maximum absolute atomic E-state index is 11.5. The summed E-state index contributed by atoms with van der Waals surface area (Å²) in [6.07, 6.45) is -3.69. The van der Waals surface area contributed by atoms with Crippen LogP contribution in [0.3, 0.4) is 0 Å². The maximum atomic E-state index is 11.5. The van der Waals surface area contributed by atoms with Crippen LogP contribution in [0.15, 0.2) is 85.2 Å². The van der Waals surface area contributed by atoms with E-state index in [1.54, 1.807) is 24.3 Å². The van der Waals surface area contributed by atoms with Gasteiger partial charge in [0.25, 0.3) is 0 Å². The fourth-order valence-electron chi connectivity index (χ4n) is 3.10. The number of aliphatic carboxylic acids is 1. The van der Waals surface area contributed by atoms with Gasteiger partial charge in [-0.25, -0.2) is 28.3 Å². The van der Waals surface area contributed by atoms with Crippen LogP contribution in [0.5, 0.6) is 5.75 Å². The summed E-state index contributed by atoms with van der Waals surface area (Å²) in [5, 5.41) is 15.4. The van der Waals surface area contributed by atoms with E-state index < -0.39 is 22.2 Å². The second kappa shape index (κ2) is 12.8. The number of benzene rings is 3. The number of hydrogen-bond donors (Lipinski definition) is 3. The normalized spacial score (nSPS) is 11.2. The predicted molar refractivity (Wildman–Crippen MR) is 136 cm³/mol. The molecule has 0 atom stereocenters. The lowest BCUT2D eigenvalue weighted by molar-refractivity contribution is -0.192. The van der Waals surface area contributed by atoms with Gasteiger partial charge in [0.1, 0.15) is 18.7 Å². The van der Waals surface area contributed by atoms with Gasteiger partial charge in [0, 0.05) is 5.69 Å². The number of rotatable bonds is 8. The Bertz CT molecular complexity index is 1520. The second-order valence-corrected chi connectivity index (χ2v) is 9.41. The van der Waals surface area contributed by atoms with Crippen molar-refractivity contribution < 1.29 is 36.2 Å². The lowest BCUT2D eigenvalue weighted by Gasteiger charge is -2.12. The first-order valence-electron chi connectivity index (χ1n) is 11.0. The molecule has 0 bridgehead atoms. The first-order chi connectivity index (χ1) is 18.4. The number of halogens is 3. The van der Waals surface area contributed by atoms with Crippen molar-refractivity contribution in [3.63, 3.8) is 0 Å². The molecular weight excluding hydrogens is 539 g/mol. The van der Waals surface area contributed by atoms with Crippen LogP contribution in [-0.4, -0.2) is 40.6 Å². The molecule has 1 heterocycles. The van der Waals surface area contributed by atoms with E-state index in [2.05, 4.69) is 20.3 Å². The zero-order valence-corrected chi connectivity index (χ0v) is 20.9. The highest BCUT2D eigenvalue weighted by Gasteiger charge is 2.38. The van der Waals surface area contributed by atoms with Gasteiger partial charge in [-0.05, 0) is 29.3 Å². The molecule has 0 radical (unpaired) electrons. The SMILES string of the molecule is NS(=O)(=O)Cc1ccccc1Nc1ncnc(-c2ccccc2OCc2ccccc2)n1.O=C(O)C(F)(F)F. The molecule has 0 spiro atoms. The lowest BCUT2D eigenvalue weighted by Crippen LogP contribution is -2.21. The van der Waals surface area contributed by atoms with Crippen LogP contribution in [0.2, 0.25) is 0 Å². The van der Waals surface area contributed by atoms with Gasteiger partial charge < -0.3 is 15.2 Å². The molecule has 0 aliphatic carbocycles. The Kier molecular flexibility index (Phi) is 9.52. The topological polar surface area (TPSA) is 157 Å². The van der Waals surface area contributed by atoms with Gasteiger partial charge in [0.15, 0.2) is 5.82 Å². The summed E-state index contributed by atoms with van der Waals surface area (Å²) in [4.78, 5) is 21.9. The van der Waals surface area contributed by atoms with E-state index in [1.807, 2.05) is 54.6 Å². The fraction of sp³-hybridized carbons (Fsp3) is 0.120. The quantitative estimate of drug-likeness (QED) is 0.286. The average Bonchev–Trinajstić information content (AvgIpc) is 2.89. The summed E-state index contributed by atoms with van der Waals surface area (Å²) in [5.74, 6) is -1.72. The van der Waals surface area contributed by atoms with Gasteiger partial charge in [0.2, 0.25) is 16.0 Å². The number of primary sulfonamides is 1. The lowest BCUT2D eigenvalue weighted by atomic mass is 10.2. The van der Waals surface area contributed by atoms with E-state index in [1.165, 1.54) is 6.33 Å². The number of carbonyl (C=O) groups is 1. The third-order valence-electron chi connectivity index (χ3n) is 4.80. The number of carboxylic acids is 1. The van der Waals surface area contributed by atoms with Crippen LogP contribution < -0.4 is 15.2 Å². The van der Waals surface area contributed by atoms with Crippen molar-refractivity contribution in [3.8, 4) is 17.1 Å². The molecule has 39 heavy (non-hydrogen) atoms. The number of nitrogens with two attached hydrogens (primary N) is 1. The number of sulfonamides is 1. The molecule has 10 nitrogen and oxygen atoms in total. The molecule has 0 fully saturated rings. The van der Waals surface area contributed by atoms with E-state index in [-0.39, 0.29) is 11.7 Å². The highest BCUT2D eigenvalue weighted by atomic mass is 32.2. The molecule has 0 saturated carbocycles. The predicted octanol–water partition coefficient (Wildman–Crippen LogP) is 4.28. The van der Waals surface area contributed by atoms with Gasteiger partial charge in [-0.3, -0.25) is 0 Å². The Labute approximate surface area is 221 Å². The van der Waals surface area contributed by atoms with Crippen LogP contribution in [0.1, 0.15) is 11.1 Å². The van der Waals surface area contributed by atoms with Gasteiger partial charge in [-0.2, -0.15) is 18.2 Å². The summed E-state index contributed by atoms with van der Waals surface area (Å²) in [6.45, 7) is 0.412. The number of nitrogens with zero attached hydrogens (tertiary/aromatic N) is 3. The summed E-state index contributed by atoms with van der Waals surface area (Å²) in [6, 6.07) is 24.3. The highest BCUT2D eigenvalue weighted by molar-refractivity contribution is 7.88. The number of anilines is 2. The third-order valence-corrected chi connectivity index (χ3v) is 5.51. The third kappa shape index (κ3) is 9.36. The molecule has 0 aliphatic rings. The number of para-hydroxylation sites is 2. The molecule has 14 heteroatoms. The number of aromatic nitrogens is 3. The van der Waals surface area contributed by atoms with Crippen LogP contribution in [0, 0.1) is 0 Å². The number of hydrogen-bond acceptors (Lipinski definition) is 8. The fourth-order valence-corrected chi connectivity index (χ4v) is 3.79. The van der Waals surface area contributed by atoms with Crippen molar-refractivity contribution in [1.82, 2.24) is 15.0 Å². The zero-order valence-electron chi connectivity index (χ0n) is 20.0. The van der Waals surface area contributed by atoms with Crippen molar-refractivity contribution in [2.24, 2.45) is 5.14 Å². The first-order valence-corrected chi connectivity index (χ1v) is 12.7. The minimum absolute atomic E-state index is 0.273. The van der Waals surface area contributed by atoms with E-state index in [0.717, 1.165) is 5.56 Å². The Morgan fingerprint density at radius 2 is 1.56 bits per heavy atom. The smallest absolute Gasteiger partial charge is 0.488 e. The number of alkyl halides is 3. The van der Waals surface area contributed by atoms with E-state index in [0.29, 0.717) is 35.0 Å². The van der Waals surface area contributed by atoms with Crippen LogP contribution in [0.4, 0.5) is 24.8 Å². The highest BCUT2D eigenvalue weighted by Crippen LogP contribution is 2.29. The van der Waals surface area contributed by atoms with Gasteiger partial charge >= 0.3 is 12.1 Å². The van der Waals surface area contributed by atoms with Crippen LogP contribution in [-0.2, 0) is 27.2 Å². The monoisotopic (exact) mass is 561 g/mol. The molecule has 0 saturated heterocycles. The molecule has 0 aliphatic heterocycles. The Morgan fingerprint density at radius 3 is 2.23 bits per heavy atom. The van der Waals surface area contributed by atoms with E-state index in [4.69, 9.17) is 19.8 Å². The summed E-state index contributed by atoms with van der Waals surface area (Å²) >= 11 is 0. The van der Waals surface area contributed by atoms with Crippen LogP contribution in [0.25, 0.3) is 11.4 Å². The van der Waals surface area contributed by atoms with E-state index in [9.17, 15) is 21.6 Å². The molecule has 204 valence electrons. The van der Waals surface area contributed by atoms with Gasteiger partial charge in [0.05, 0.1) is 11.3 Å². The molecule has 1 aromatic heterocycles.